The molecule has 2 rings (SSSR count). The first-order valence-corrected chi connectivity index (χ1v) is 6.05. The standard InChI is InChI=1S/C14H16F2O/c1-2-3-4-5-11-8-6-10-7-9-12(15)13(16)14(10)17-11/h6-9,11H,2-5H2,1H3. The van der Waals surface area contributed by atoms with Gasteiger partial charge in [0.2, 0.25) is 5.82 Å². The van der Waals surface area contributed by atoms with Gasteiger partial charge in [0.1, 0.15) is 6.10 Å². The van der Waals surface area contributed by atoms with Crippen molar-refractivity contribution in [3.63, 3.8) is 0 Å². The Balaban J connectivity index is 2.09. The van der Waals surface area contributed by atoms with Gasteiger partial charge in [-0.1, -0.05) is 25.8 Å². The maximum atomic E-state index is 13.5. The van der Waals surface area contributed by atoms with Crippen LogP contribution in [-0.4, -0.2) is 6.10 Å². The summed E-state index contributed by atoms with van der Waals surface area (Å²) in [7, 11) is 0. The smallest absolute Gasteiger partial charge is 0.201 e. The van der Waals surface area contributed by atoms with E-state index in [-0.39, 0.29) is 11.9 Å². The summed E-state index contributed by atoms with van der Waals surface area (Å²) in [5.74, 6) is -1.69. The summed E-state index contributed by atoms with van der Waals surface area (Å²) in [6.45, 7) is 2.13. The van der Waals surface area contributed by atoms with Crippen LogP contribution in [-0.2, 0) is 0 Å². The molecule has 1 aliphatic rings. The van der Waals surface area contributed by atoms with Crippen molar-refractivity contribution in [2.24, 2.45) is 0 Å². The number of ether oxygens (including phenoxy) is 1. The summed E-state index contributed by atoms with van der Waals surface area (Å²) in [5, 5.41) is 0. The number of halogens is 2. The lowest BCUT2D eigenvalue weighted by Crippen LogP contribution is -2.18. The van der Waals surface area contributed by atoms with Crippen LogP contribution in [0.3, 0.4) is 0 Å². The lowest BCUT2D eigenvalue weighted by Gasteiger charge is -2.21. The van der Waals surface area contributed by atoms with Gasteiger partial charge in [-0.2, -0.15) is 4.39 Å². The molecule has 0 amide bonds. The lowest BCUT2D eigenvalue weighted by molar-refractivity contribution is 0.217. The average Bonchev–Trinajstić information content (AvgIpc) is 2.35. The van der Waals surface area contributed by atoms with Crippen LogP contribution in [0.1, 0.15) is 38.2 Å². The van der Waals surface area contributed by atoms with E-state index in [4.69, 9.17) is 4.74 Å². The molecular formula is C14H16F2O. The predicted molar refractivity (Wildman–Crippen MR) is 64.0 cm³/mol. The fourth-order valence-electron chi connectivity index (χ4n) is 1.95. The van der Waals surface area contributed by atoms with Crippen LogP contribution >= 0.6 is 0 Å². The lowest BCUT2D eigenvalue weighted by atomic mass is 10.0. The van der Waals surface area contributed by atoms with Crippen molar-refractivity contribution in [3.05, 3.63) is 35.4 Å². The molecule has 3 heteroatoms. The molecule has 0 saturated heterocycles. The molecule has 1 atom stereocenters. The van der Waals surface area contributed by atoms with E-state index in [1.54, 1.807) is 6.08 Å². The fourth-order valence-corrected chi connectivity index (χ4v) is 1.95. The topological polar surface area (TPSA) is 9.23 Å². The fraction of sp³-hybridized carbons (Fsp3) is 0.429. The number of fused-ring (bicyclic) bond motifs is 1. The summed E-state index contributed by atoms with van der Waals surface area (Å²) >= 11 is 0. The zero-order valence-electron chi connectivity index (χ0n) is 9.88. The van der Waals surface area contributed by atoms with E-state index in [9.17, 15) is 8.78 Å². The number of rotatable bonds is 4. The summed E-state index contributed by atoms with van der Waals surface area (Å²) in [4.78, 5) is 0. The summed E-state index contributed by atoms with van der Waals surface area (Å²) in [6, 6.07) is 2.66. The molecule has 1 heterocycles. The summed E-state index contributed by atoms with van der Waals surface area (Å²) < 4.78 is 32.1. The molecule has 0 aromatic heterocycles. The minimum Gasteiger partial charge on any atom is -0.483 e. The van der Waals surface area contributed by atoms with E-state index < -0.39 is 11.6 Å². The van der Waals surface area contributed by atoms with Gasteiger partial charge < -0.3 is 4.74 Å². The third-order valence-electron chi connectivity index (χ3n) is 2.93. The first-order chi connectivity index (χ1) is 8.22. The molecule has 1 unspecified atom stereocenters. The first kappa shape index (κ1) is 12.1. The molecule has 0 fully saturated rings. The van der Waals surface area contributed by atoms with Gasteiger partial charge in [-0.25, -0.2) is 4.39 Å². The molecular weight excluding hydrogens is 222 g/mol. The van der Waals surface area contributed by atoms with Crippen molar-refractivity contribution in [1.82, 2.24) is 0 Å². The summed E-state index contributed by atoms with van der Waals surface area (Å²) in [6.07, 6.45) is 7.73. The Labute approximate surface area is 100 Å². The highest BCUT2D eigenvalue weighted by atomic mass is 19.2. The first-order valence-electron chi connectivity index (χ1n) is 6.05. The van der Waals surface area contributed by atoms with Crippen LogP contribution in [0.25, 0.3) is 6.08 Å². The zero-order chi connectivity index (χ0) is 12.3. The average molecular weight is 238 g/mol. The molecule has 1 aliphatic heterocycles. The van der Waals surface area contributed by atoms with Gasteiger partial charge in [0, 0.05) is 5.56 Å². The van der Waals surface area contributed by atoms with E-state index >= 15 is 0 Å². The van der Waals surface area contributed by atoms with Crippen molar-refractivity contribution in [1.29, 1.82) is 0 Å². The maximum Gasteiger partial charge on any atom is 0.201 e. The maximum absolute atomic E-state index is 13.5. The van der Waals surface area contributed by atoms with Gasteiger partial charge in [-0.15, -0.1) is 0 Å². The van der Waals surface area contributed by atoms with E-state index in [1.165, 1.54) is 6.07 Å². The Kier molecular flexibility index (Phi) is 3.77. The van der Waals surface area contributed by atoms with Crippen molar-refractivity contribution < 1.29 is 13.5 Å². The van der Waals surface area contributed by atoms with Gasteiger partial charge in [0.15, 0.2) is 11.6 Å². The molecule has 1 aromatic rings. The van der Waals surface area contributed by atoms with Crippen LogP contribution in [0.2, 0.25) is 0 Å². The van der Waals surface area contributed by atoms with Crippen LogP contribution in [0.5, 0.6) is 5.75 Å². The van der Waals surface area contributed by atoms with E-state index in [1.807, 2.05) is 6.08 Å². The quantitative estimate of drug-likeness (QED) is 0.710. The van der Waals surface area contributed by atoms with Crippen molar-refractivity contribution in [3.8, 4) is 5.75 Å². The van der Waals surface area contributed by atoms with Gasteiger partial charge in [-0.3, -0.25) is 0 Å². The second kappa shape index (κ2) is 5.30. The summed E-state index contributed by atoms with van der Waals surface area (Å²) in [5.41, 5.74) is 0.607. The van der Waals surface area contributed by atoms with Gasteiger partial charge in [0.25, 0.3) is 0 Å². The molecule has 0 saturated carbocycles. The molecule has 92 valence electrons. The minimum atomic E-state index is -0.882. The highest BCUT2D eigenvalue weighted by Gasteiger charge is 2.20. The number of hydrogen-bond donors (Lipinski definition) is 0. The van der Waals surface area contributed by atoms with Gasteiger partial charge in [-0.05, 0) is 31.1 Å². The largest absolute Gasteiger partial charge is 0.483 e. The molecule has 0 bridgehead atoms. The Hall–Kier alpha value is -1.38. The molecule has 0 spiro atoms. The normalized spacial score (nSPS) is 17.7. The highest BCUT2D eigenvalue weighted by molar-refractivity contribution is 5.60. The zero-order valence-corrected chi connectivity index (χ0v) is 9.88. The van der Waals surface area contributed by atoms with Crippen molar-refractivity contribution in [2.75, 3.05) is 0 Å². The molecule has 1 aromatic carbocycles. The SMILES string of the molecule is CCCCCC1C=Cc2ccc(F)c(F)c2O1. The third kappa shape index (κ3) is 2.65. The van der Waals surface area contributed by atoms with Gasteiger partial charge in [0.05, 0.1) is 0 Å². The second-order valence-electron chi connectivity index (χ2n) is 4.29. The molecule has 0 aliphatic carbocycles. The van der Waals surface area contributed by atoms with Gasteiger partial charge >= 0.3 is 0 Å². The van der Waals surface area contributed by atoms with Crippen molar-refractivity contribution >= 4 is 6.08 Å². The van der Waals surface area contributed by atoms with E-state index in [2.05, 4.69) is 6.92 Å². The number of benzene rings is 1. The molecule has 0 radical (unpaired) electrons. The minimum absolute atomic E-state index is 0.0500. The van der Waals surface area contributed by atoms with E-state index in [0.717, 1.165) is 31.7 Å². The van der Waals surface area contributed by atoms with Crippen LogP contribution < -0.4 is 4.74 Å². The number of unbranched alkanes of at least 4 members (excludes halogenated alkanes) is 2. The Morgan fingerprint density at radius 2 is 2.06 bits per heavy atom. The van der Waals surface area contributed by atoms with Crippen molar-refractivity contribution in [2.45, 2.75) is 38.7 Å². The Bertz CT molecular complexity index is 426. The highest BCUT2D eigenvalue weighted by Crippen LogP contribution is 2.31. The third-order valence-corrected chi connectivity index (χ3v) is 2.93. The monoisotopic (exact) mass is 238 g/mol. The molecule has 17 heavy (non-hydrogen) atoms. The molecule has 0 N–H and O–H groups in total. The number of hydrogen-bond acceptors (Lipinski definition) is 1. The molecule has 1 nitrogen and oxygen atoms in total. The Morgan fingerprint density at radius 1 is 1.24 bits per heavy atom. The van der Waals surface area contributed by atoms with Crippen LogP contribution in [0, 0.1) is 11.6 Å². The second-order valence-corrected chi connectivity index (χ2v) is 4.29. The Morgan fingerprint density at radius 3 is 2.82 bits per heavy atom. The van der Waals surface area contributed by atoms with Crippen LogP contribution in [0.15, 0.2) is 18.2 Å². The van der Waals surface area contributed by atoms with E-state index in [0.29, 0.717) is 5.56 Å². The van der Waals surface area contributed by atoms with Crippen LogP contribution in [0.4, 0.5) is 8.78 Å². The predicted octanol–water partition coefficient (Wildman–Crippen LogP) is 4.32.